The predicted octanol–water partition coefficient (Wildman–Crippen LogP) is 15.1. The monoisotopic (exact) mass is 748 g/mol. The number of aromatic nitrogens is 1. The Morgan fingerprint density at radius 1 is 0.534 bits per heavy atom. The minimum atomic E-state index is 0.434. The van der Waals surface area contributed by atoms with Gasteiger partial charge in [0, 0.05) is 40.3 Å². The maximum Gasteiger partial charge on any atom is 0.0534 e. The lowest BCUT2D eigenvalue weighted by Gasteiger charge is -2.31. The molecule has 0 bridgehead atoms. The number of para-hydroxylation sites is 1. The van der Waals surface area contributed by atoms with Crippen LogP contribution in [-0.4, -0.2) is 4.57 Å². The number of hydrogen-bond donors (Lipinski definition) is 0. The SMILES string of the molecule is C1=CCCC(C2=CC=C(C3=CC=C(N(c4ccc(C5=CCC(c6ccccc6)C=C5)cc4)c4ccc(-c5cccc6c5ccn6-c5ccccc5)cc4)CC3)CC2)=C1. The molecule has 10 rings (SSSR count). The van der Waals surface area contributed by atoms with Crippen LogP contribution in [0.15, 0.2) is 228 Å². The van der Waals surface area contributed by atoms with Crippen molar-refractivity contribution in [1.29, 1.82) is 0 Å². The van der Waals surface area contributed by atoms with Crippen molar-refractivity contribution in [3.8, 4) is 16.8 Å². The molecule has 4 aliphatic rings. The second-order valence-electron chi connectivity index (χ2n) is 15.9. The molecule has 0 N–H and O–H groups in total. The number of rotatable bonds is 9. The van der Waals surface area contributed by atoms with E-state index in [2.05, 4.69) is 210 Å². The van der Waals surface area contributed by atoms with Crippen molar-refractivity contribution in [2.75, 3.05) is 4.90 Å². The molecule has 0 radical (unpaired) electrons. The highest BCUT2D eigenvalue weighted by Gasteiger charge is 2.21. The van der Waals surface area contributed by atoms with E-state index < -0.39 is 0 Å². The summed E-state index contributed by atoms with van der Waals surface area (Å²) in [6.45, 7) is 0. The molecule has 2 heteroatoms. The molecule has 0 spiro atoms. The normalized spacial score (nSPS) is 17.8. The number of fused-ring (bicyclic) bond motifs is 1. The standard InChI is InChI=1S/C56H48N2/c1-4-11-41(12-5-1)43-19-23-45(24-20-43)47-27-33-51(34-28-47)58(52-35-29-48(30-36-52)46-25-21-44(22-26-46)42-13-6-2-7-14-42)53-37-31-49(32-38-53)54-17-10-18-56-55(54)39-40-57(56)50-15-8-3-9-16-50/h1-6,8-13,15-19,21,23-25,27-29,31-35,37-40,43H,7,14,20,22,26,30,36H2. The van der Waals surface area contributed by atoms with Crippen LogP contribution in [0.5, 0.6) is 0 Å². The molecule has 5 aromatic carbocycles. The molecule has 0 saturated heterocycles. The van der Waals surface area contributed by atoms with Crippen molar-refractivity contribution >= 4 is 27.9 Å². The van der Waals surface area contributed by atoms with Crippen LogP contribution in [0.4, 0.5) is 11.4 Å². The molecule has 0 amide bonds. The average molecular weight is 749 g/mol. The highest BCUT2D eigenvalue weighted by Crippen LogP contribution is 2.40. The van der Waals surface area contributed by atoms with Crippen LogP contribution in [0.3, 0.4) is 0 Å². The van der Waals surface area contributed by atoms with Crippen molar-refractivity contribution in [3.63, 3.8) is 0 Å². The quantitative estimate of drug-likeness (QED) is 0.143. The predicted molar refractivity (Wildman–Crippen MR) is 245 cm³/mol. The van der Waals surface area contributed by atoms with E-state index in [4.69, 9.17) is 0 Å². The summed E-state index contributed by atoms with van der Waals surface area (Å²) in [5.41, 5.74) is 18.5. The van der Waals surface area contributed by atoms with Gasteiger partial charge >= 0.3 is 0 Å². The van der Waals surface area contributed by atoms with Gasteiger partial charge in [-0.2, -0.15) is 0 Å². The summed E-state index contributed by atoms with van der Waals surface area (Å²) in [7, 11) is 0. The second-order valence-corrected chi connectivity index (χ2v) is 15.9. The lowest BCUT2D eigenvalue weighted by Crippen LogP contribution is -2.18. The Labute approximate surface area is 343 Å². The number of hydrogen-bond acceptors (Lipinski definition) is 1. The minimum absolute atomic E-state index is 0.434. The first kappa shape index (κ1) is 35.8. The van der Waals surface area contributed by atoms with Crippen LogP contribution in [0.1, 0.15) is 62.0 Å². The van der Waals surface area contributed by atoms with Crippen LogP contribution in [0, 0.1) is 0 Å². The Morgan fingerprint density at radius 3 is 1.81 bits per heavy atom. The van der Waals surface area contributed by atoms with Crippen molar-refractivity contribution in [2.45, 2.75) is 50.9 Å². The molecule has 4 aliphatic carbocycles. The maximum atomic E-state index is 2.47. The van der Waals surface area contributed by atoms with Crippen LogP contribution in [-0.2, 0) is 0 Å². The van der Waals surface area contributed by atoms with Gasteiger partial charge in [-0.15, -0.1) is 0 Å². The molecule has 6 aromatic rings. The summed E-state index contributed by atoms with van der Waals surface area (Å²) >= 11 is 0. The van der Waals surface area contributed by atoms with Gasteiger partial charge in [-0.3, -0.25) is 0 Å². The van der Waals surface area contributed by atoms with Crippen LogP contribution in [0.25, 0.3) is 33.3 Å². The molecule has 2 nitrogen and oxygen atoms in total. The molecule has 282 valence electrons. The molecule has 1 atom stereocenters. The molecule has 1 heterocycles. The number of allylic oxidation sites excluding steroid dienone is 16. The molecule has 0 fully saturated rings. The number of benzene rings is 5. The molecule has 1 unspecified atom stereocenters. The Balaban J connectivity index is 0.956. The van der Waals surface area contributed by atoms with E-state index in [0.717, 1.165) is 38.5 Å². The van der Waals surface area contributed by atoms with E-state index in [1.165, 1.54) is 90.2 Å². The van der Waals surface area contributed by atoms with Crippen molar-refractivity contribution in [1.82, 2.24) is 4.57 Å². The van der Waals surface area contributed by atoms with E-state index in [-0.39, 0.29) is 0 Å². The van der Waals surface area contributed by atoms with Gasteiger partial charge in [-0.1, -0.05) is 140 Å². The zero-order valence-corrected chi connectivity index (χ0v) is 33.0. The lowest BCUT2D eigenvalue weighted by molar-refractivity contribution is 0.829. The van der Waals surface area contributed by atoms with Crippen LogP contribution >= 0.6 is 0 Å². The molecule has 0 aliphatic heterocycles. The summed E-state index contributed by atoms with van der Waals surface area (Å²) in [6.07, 6.45) is 33.2. The topological polar surface area (TPSA) is 8.17 Å². The summed E-state index contributed by atoms with van der Waals surface area (Å²) in [5.74, 6) is 0.434. The Morgan fingerprint density at radius 2 is 1.19 bits per heavy atom. The van der Waals surface area contributed by atoms with E-state index in [1.54, 1.807) is 0 Å². The van der Waals surface area contributed by atoms with Gasteiger partial charge in [-0.05, 0) is 150 Å². The molecular formula is C56H48N2. The fraction of sp³-hybridized carbons (Fsp3) is 0.143. The van der Waals surface area contributed by atoms with Crippen LogP contribution in [0.2, 0.25) is 0 Å². The first-order chi connectivity index (χ1) is 28.7. The van der Waals surface area contributed by atoms with Crippen molar-refractivity contribution in [2.24, 2.45) is 0 Å². The maximum absolute atomic E-state index is 2.47. The molecular weight excluding hydrogens is 701 g/mol. The van der Waals surface area contributed by atoms with E-state index in [0.29, 0.717) is 5.92 Å². The van der Waals surface area contributed by atoms with E-state index >= 15 is 0 Å². The Hall–Kier alpha value is -6.64. The van der Waals surface area contributed by atoms with Gasteiger partial charge in [0.15, 0.2) is 0 Å². The molecule has 1 aromatic heterocycles. The fourth-order valence-electron chi connectivity index (χ4n) is 9.21. The van der Waals surface area contributed by atoms with Crippen molar-refractivity contribution < 1.29 is 0 Å². The number of anilines is 2. The van der Waals surface area contributed by atoms with Crippen LogP contribution < -0.4 is 4.90 Å². The van der Waals surface area contributed by atoms with Gasteiger partial charge in [-0.25, -0.2) is 0 Å². The zero-order chi connectivity index (χ0) is 38.7. The van der Waals surface area contributed by atoms with Gasteiger partial charge < -0.3 is 9.47 Å². The van der Waals surface area contributed by atoms with Gasteiger partial charge in [0.25, 0.3) is 0 Å². The summed E-state index contributed by atoms with van der Waals surface area (Å²) in [4.78, 5) is 2.47. The van der Waals surface area contributed by atoms with Crippen molar-refractivity contribution in [3.05, 3.63) is 240 Å². The molecule has 0 saturated carbocycles. The summed E-state index contributed by atoms with van der Waals surface area (Å²) in [5, 5.41) is 1.26. The first-order valence-electron chi connectivity index (χ1n) is 21.0. The lowest BCUT2D eigenvalue weighted by atomic mass is 9.84. The smallest absolute Gasteiger partial charge is 0.0534 e. The van der Waals surface area contributed by atoms with Gasteiger partial charge in [0.05, 0.1) is 5.52 Å². The minimum Gasteiger partial charge on any atom is -0.317 e. The fourth-order valence-corrected chi connectivity index (χ4v) is 9.21. The Bertz CT molecular complexity index is 2710. The highest BCUT2D eigenvalue weighted by atomic mass is 15.1. The second kappa shape index (κ2) is 16.1. The molecule has 58 heavy (non-hydrogen) atoms. The third kappa shape index (κ3) is 7.23. The van der Waals surface area contributed by atoms with Gasteiger partial charge in [0.1, 0.15) is 0 Å². The average Bonchev–Trinajstić information content (AvgIpc) is 3.76. The summed E-state index contributed by atoms with van der Waals surface area (Å²) in [6, 6.07) is 48.7. The largest absolute Gasteiger partial charge is 0.317 e. The van der Waals surface area contributed by atoms with E-state index in [1.807, 2.05) is 0 Å². The summed E-state index contributed by atoms with van der Waals surface area (Å²) < 4.78 is 2.28. The van der Waals surface area contributed by atoms with E-state index in [9.17, 15) is 0 Å². The number of nitrogens with zero attached hydrogens (tertiary/aromatic N) is 2. The first-order valence-corrected chi connectivity index (χ1v) is 21.0. The zero-order valence-electron chi connectivity index (χ0n) is 33.0. The highest BCUT2D eigenvalue weighted by molar-refractivity contribution is 5.96. The third-order valence-corrected chi connectivity index (χ3v) is 12.4. The Kier molecular flexibility index (Phi) is 9.91. The van der Waals surface area contributed by atoms with Gasteiger partial charge in [0.2, 0.25) is 0 Å². The third-order valence-electron chi connectivity index (χ3n) is 12.4.